The van der Waals surface area contributed by atoms with Crippen LogP contribution in [0.25, 0.3) is 0 Å². The zero-order valence-corrected chi connectivity index (χ0v) is 9.57. The van der Waals surface area contributed by atoms with E-state index in [0.29, 0.717) is 6.54 Å². The lowest BCUT2D eigenvalue weighted by atomic mass is 9.79. The molecule has 2 atom stereocenters. The Morgan fingerprint density at radius 1 is 1.44 bits per heavy atom. The molecule has 0 aliphatic heterocycles. The van der Waals surface area contributed by atoms with Gasteiger partial charge in [0.2, 0.25) is 0 Å². The molecule has 0 heterocycles. The number of nitrogens with one attached hydrogen (secondary N) is 1. The van der Waals surface area contributed by atoms with Crippen LogP contribution < -0.4 is 5.32 Å². The summed E-state index contributed by atoms with van der Waals surface area (Å²) in [6.07, 6.45) is 1.71. The SMILES string of the molecule is O=C(O)C1CCC1NCc1ccccc1Cl. The molecule has 0 bridgehead atoms. The van der Waals surface area contributed by atoms with Crippen molar-refractivity contribution in [3.63, 3.8) is 0 Å². The summed E-state index contributed by atoms with van der Waals surface area (Å²) in [5.41, 5.74) is 1.01. The Labute approximate surface area is 99.4 Å². The maximum absolute atomic E-state index is 10.8. The first-order valence-corrected chi connectivity index (χ1v) is 5.76. The highest BCUT2D eigenvalue weighted by molar-refractivity contribution is 6.31. The minimum Gasteiger partial charge on any atom is -0.481 e. The van der Waals surface area contributed by atoms with Gasteiger partial charge in [-0.05, 0) is 24.5 Å². The van der Waals surface area contributed by atoms with Crippen molar-refractivity contribution in [3.05, 3.63) is 34.9 Å². The van der Waals surface area contributed by atoms with Gasteiger partial charge in [0, 0.05) is 17.6 Å². The molecule has 1 aliphatic rings. The number of rotatable bonds is 4. The van der Waals surface area contributed by atoms with Crippen LogP contribution in [0.4, 0.5) is 0 Å². The van der Waals surface area contributed by atoms with E-state index in [-0.39, 0.29) is 12.0 Å². The molecule has 1 fully saturated rings. The van der Waals surface area contributed by atoms with E-state index in [9.17, 15) is 4.79 Å². The lowest BCUT2D eigenvalue weighted by Gasteiger charge is -2.34. The van der Waals surface area contributed by atoms with E-state index in [1.54, 1.807) is 0 Å². The molecule has 1 aliphatic carbocycles. The Morgan fingerprint density at radius 2 is 2.19 bits per heavy atom. The molecule has 0 aromatic heterocycles. The number of aliphatic carboxylic acids is 1. The molecule has 2 rings (SSSR count). The first-order chi connectivity index (χ1) is 7.68. The predicted molar refractivity (Wildman–Crippen MR) is 62.4 cm³/mol. The van der Waals surface area contributed by atoms with Crippen molar-refractivity contribution in [3.8, 4) is 0 Å². The Balaban J connectivity index is 1.89. The molecule has 2 unspecified atom stereocenters. The molecule has 3 nitrogen and oxygen atoms in total. The van der Waals surface area contributed by atoms with Crippen molar-refractivity contribution in [2.45, 2.75) is 25.4 Å². The summed E-state index contributed by atoms with van der Waals surface area (Å²) in [5.74, 6) is -0.939. The first-order valence-electron chi connectivity index (χ1n) is 5.38. The monoisotopic (exact) mass is 239 g/mol. The molecule has 1 saturated carbocycles. The Kier molecular flexibility index (Phi) is 3.46. The van der Waals surface area contributed by atoms with E-state index < -0.39 is 5.97 Å². The third-order valence-corrected chi connectivity index (χ3v) is 3.47. The Morgan fingerprint density at radius 3 is 2.75 bits per heavy atom. The van der Waals surface area contributed by atoms with Crippen LogP contribution in [0, 0.1) is 5.92 Å². The molecule has 0 saturated heterocycles. The largest absolute Gasteiger partial charge is 0.481 e. The molecule has 4 heteroatoms. The Hall–Kier alpha value is -1.06. The van der Waals surface area contributed by atoms with Crippen molar-refractivity contribution in [1.29, 1.82) is 0 Å². The van der Waals surface area contributed by atoms with Crippen molar-refractivity contribution >= 4 is 17.6 Å². The lowest BCUT2D eigenvalue weighted by Crippen LogP contribution is -2.47. The predicted octanol–water partition coefficient (Wildman–Crippen LogP) is 2.29. The smallest absolute Gasteiger partial charge is 0.308 e. The summed E-state index contributed by atoms with van der Waals surface area (Å²) in [5, 5.41) is 12.9. The van der Waals surface area contributed by atoms with Gasteiger partial charge >= 0.3 is 5.97 Å². The van der Waals surface area contributed by atoms with Crippen molar-refractivity contribution in [1.82, 2.24) is 5.32 Å². The number of carbonyl (C=O) groups is 1. The number of carboxylic acid groups (broad SMARTS) is 1. The summed E-state index contributed by atoms with van der Waals surface area (Å²) in [7, 11) is 0. The zero-order valence-electron chi connectivity index (χ0n) is 8.82. The molecule has 1 aromatic rings. The van der Waals surface area contributed by atoms with Crippen LogP contribution in [0.15, 0.2) is 24.3 Å². The highest BCUT2D eigenvalue weighted by Gasteiger charge is 2.35. The number of benzene rings is 1. The van der Waals surface area contributed by atoms with Gasteiger partial charge in [-0.25, -0.2) is 0 Å². The first kappa shape index (κ1) is 11.4. The van der Waals surface area contributed by atoms with E-state index >= 15 is 0 Å². The van der Waals surface area contributed by atoms with Gasteiger partial charge in [0.25, 0.3) is 0 Å². The van der Waals surface area contributed by atoms with E-state index in [4.69, 9.17) is 16.7 Å². The van der Waals surface area contributed by atoms with Crippen LogP contribution in [-0.4, -0.2) is 17.1 Å². The molecular weight excluding hydrogens is 226 g/mol. The van der Waals surface area contributed by atoms with E-state index in [1.807, 2.05) is 24.3 Å². The average molecular weight is 240 g/mol. The molecule has 0 spiro atoms. The van der Waals surface area contributed by atoms with Crippen molar-refractivity contribution in [2.75, 3.05) is 0 Å². The molecule has 0 radical (unpaired) electrons. The highest BCUT2D eigenvalue weighted by Crippen LogP contribution is 2.28. The summed E-state index contributed by atoms with van der Waals surface area (Å²) < 4.78 is 0. The maximum atomic E-state index is 10.8. The van der Waals surface area contributed by atoms with Crippen LogP contribution in [0.1, 0.15) is 18.4 Å². The molecule has 16 heavy (non-hydrogen) atoms. The third kappa shape index (κ3) is 2.36. The van der Waals surface area contributed by atoms with E-state index in [0.717, 1.165) is 23.4 Å². The number of hydrogen-bond donors (Lipinski definition) is 2. The molecular formula is C12H14ClNO2. The second kappa shape index (κ2) is 4.85. The Bertz CT molecular complexity index is 394. The van der Waals surface area contributed by atoms with Gasteiger partial charge in [-0.2, -0.15) is 0 Å². The fourth-order valence-electron chi connectivity index (χ4n) is 1.92. The van der Waals surface area contributed by atoms with Gasteiger partial charge < -0.3 is 10.4 Å². The average Bonchev–Trinajstić information content (AvgIpc) is 2.18. The summed E-state index contributed by atoms with van der Waals surface area (Å²) >= 11 is 6.01. The second-order valence-electron chi connectivity index (χ2n) is 4.10. The molecule has 86 valence electrons. The van der Waals surface area contributed by atoms with Crippen LogP contribution in [0.5, 0.6) is 0 Å². The summed E-state index contributed by atoms with van der Waals surface area (Å²) in [6.45, 7) is 0.633. The third-order valence-electron chi connectivity index (χ3n) is 3.10. The minimum absolute atomic E-state index is 0.0915. The van der Waals surface area contributed by atoms with E-state index in [1.165, 1.54) is 0 Å². The molecule has 1 aromatic carbocycles. The fraction of sp³-hybridized carbons (Fsp3) is 0.417. The lowest BCUT2D eigenvalue weighted by molar-refractivity contribution is -0.146. The highest BCUT2D eigenvalue weighted by atomic mass is 35.5. The number of carboxylic acids is 1. The van der Waals surface area contributed by atoms with Crippen LogP contribution in [-0.2, 0) is 11.3 Å². The molecule has 0 amide bonds. The summed E-state index contributed by atoms with van der Waals surface area (Å²) in [6, 6.07) is 7.69. The van der Waals surface area contributed by atoms with Gasteiger partial charge in [-0.1, -0.05) is 29.8 Å². The fourth-order valence-corrected chi connectivity index (χ4v) is 2.13. The van der Waals surface area contributed by atoms with Crippen molar-refractivity contribution < 1.29 is 9.90 Å². The normalized spacial score (nSPS) is 23.8. The number of halogens is 1. The zero-order chi connectivity index (χ0) is 11.5. The van der Waals surface area contributed by atoms with Crippen LogP contribution in [0.3, 0.4) is 0 Å². The molecule has 2 N–H and O–H groups in total. The summed E-state index contributed by atoms with van der Waals surface area (Å²) in [4.78, 5) is 10.8. The van der Waals surface area contributed by atoms with Crippen LogP contribution >= 0.6 is 11.6 Å². The van der Waals surface area contributed by atoms with E-state index in [2.05, 4.69) is 5.32 Å². The van der Waals surface area contributed by atoms with Gasteiger partial charge in [0.1, 0.15) is 0 Å². The van der Waals surface area contributed by atoms with Gasteiger partial charge in [-0.3, -0.25) is 4.79 Å². The van der Waals surface area contributed by atoms with Crippen molar-refractivity contribution in [2.24, 2.45) is 5.92 Å². The quantitative estimate of drug-likeness (QED) is 0.848. The minimum atomic E-state index is -0.706. The van der Waals surface area contributed by atoms with Gasteiger partial charge in [-0.15, -0.1) is 0 Å². The topological polar surface area (TPSA) is 49.3 Å². The number of hydrogen-bond acceptors (Lipinski definition) is 2. The van der Waals surface area contributed by atoms with Crippen LogP contribution in [0.2, 0.25) is 5.02 Å². The standard InChI is InChI=1S/C12H14ClNO2/c13-10-4-2-1-3-8(10)7-14-11-6-5-9(11)12(15)16/h1-4,9,11,14H,5-7H2,(H,15,16). The maximum Gasteiger partial charge on any atom is 0.308 e. The van der Waals surface area contributed by atoms with Gasteiger partial charge in [0.05, 0.1) is 5.92 Å². The van der Waals surface area contributed by atoms with Gasteiger partial charge in [0.15, 0.2) is 0 Å². The second-order valence-corrected chi connectivity index (χ2v) is 4.51.